The zero-order valence-corrected chi connectivity index (χ0v) is 11.4. The van der Waals surface area contributed by atoms with E-state index in [2.05, 4.69) is 9.44 Å². The minimum atomic E-state index is -3.56. The molecule has 1 rings (SSSR count). The van der Waals surface area contributed by atoms with Crippen LogP contribution in [0, 0.1) is 6.92 Å². The minimum absolute atomic E-state index is 0.285. The Morgan fingerprint density at radius 3 is 2.71 bits per heavy atom. The highest BCUT2D eigenvalue weighted by molar-refractivity contribution is 7.91. The average Bonchev–Trinajstić information content (AvgIpc) is 2.59. The van der Waals surface area contributed by atoms with Gasteiger partial charge < -0.3 is 4.74 Å². The van der Waals surface area contributed by atoms with Crippen molar-refractivity contribution in [1.82, 2.24) is 4.72 Å². The Bertz CT molecular complexity index is 507. The number of aryl methyl sites for hydroxylation is 1. The van der Waals surface area contributed by atoms with Gasteiger partial charge in [-0.25, -0.2) is 9.52 Å². The van der Waals surface area contributed by atoms with Gasteiger partial charge in [0.15, 0.2) is 0 Å². The van der Waals surface area contributed by atoms with E-state index in [1.54, 1.807) is 19.9 Å². The first kappa shape index (κ1) is 13.9. The lowest BCUT2D eigenvalue weighted by molar-refractivity contribution is 0.0531. The SMILES string of the molecule is CCOC(=O)c1sc(NS(=O)(=O)NC)cc1C. The van der Waals surface area contributed by atoms with E-state index in [4.69, 9.17) is 4.74 Å². The van der Waals surface area contributed by atoms with Crippen molar-refractivity contribution < 1.29 is 17.9 Å². The molecule has 0 aliphatic rings. The number of carbonyl (C=O) groups is 1. The summed E-state index contributed by atoms with van der Waals surface area (Å²) in [4.78, 5) is 11.9. The quantitative estimate of drug-likeness (QED) is 0.790. The topological polar surface area (TPSA) is 84.5 Å². The van der Waals surface area contributed by atoms with Crippen LogP contribution in [-0.2, 0) is 14.9 Å². The molecule has 0 unspecified atom stereocenters. The van der Waals surface area contributed by atoms with E-state index >= 15 is 0 Å². The summed E-state index contributed by atoms with van der Waals surface area (Å²) in [5.41, 5.74) is 0.683. The van der Waals surface area contributed by atoms with E-state index in [-0.39, 0.29) is 6.61 Å². The van der Waals surface area contributed by atoms with Gasteiger partial charge in [0.05, 0.1) is 6.61 Å². The largest absolute Gasteiger partial charge is 0.462 e. The van der Waals surface area contributed by atoms with Crippen molar-refractivity contribution in [2.75, 3.05) is 18.4 Å². The number of hydrogen-bond acceptors (Lipinski definition) is 5. The number of anilines is 1. The van der Waals surface area contributed by atoms with Crippen LogP contribution in [0.25, 0.3) is 0 Å². The van der Waals surface area contributed by atoms with Gasteiger partial charge >= 0.3 is 5.97 Å². The average molecular weight is 278 g/mol. The Hall–Kier alpha value is -1.12. The molecule has 0 aliphatic carbocycles. The monoisotopic (exact) mass is 278 g/mol. The number of thiophene rings is 1. The molecule has 0 radical (unpaired) electrons. The van der Waals surface area contributed by atoms with E-state index in [1.807, 2.05) is 0 Å². The van der Waals surface area contributed by atoms with Crippen molar-refractivity contribution in [3.8, 4) is 0 Å². The molecule has 0 saturated carbocycles. The summed E-state index contributed by atoms with van der Waals surface area (Å²) < 4.78 is 31.8. The van der Waals surface area contributed by atoms with Gasteiger partial charge in [-0.3, -0.25) is 4.72 Å². The Kier molecular flexibility index (Phi) is 4.49. The van der Waals surface area contributed by atoms with Crippen LogP contribution in [0.3, 0.4) is 0 Å². The van der Waals surface area contributed by atoms with E-state index in [9.17, 15) is 13.2 Å². The minimum Gasteiger partial charge on any atom is -0.462 e. The van der Waals surface area contributed by atoms with Gasteiger partial charge in [0.2, 0.25) is 0 Å². The van der Waals surface area contributed by atoms with Crippen LogP contribution in [0.2, 0.25) is 0 Å². The van der Waals surface area contributed by atoms with Gasteiger partial charge in [0.1, 0.15) is 9.88 Å². The summed E-state index contributed by atoms with van der Waals surface area (Å²) in [7, 11) is -2.26. The lowest BCUT2D eigenvalue weighted by Crippen LogP contribution is -2.25. The third kappa shape index (κ3) is 3.69. The maximum Gasteiger partial charge on any atom is 0.348 e. The summed E-state index contributed by atoms with van der Waals surface area (Å²) in [6, 6.07) is 1.59. The van der Waals surface area contributed by atoms with E-state index in [0.29, 0.717) is 15.4 Å². The zero-order chi connectivity index (χ0) is 13.1. The van der Waals surface area contributed by atoms with Crippen molar-refractivity contribution in [2.45, 2.75) is 13.8 Å². The Balaban J connectivity index is 2.93. The van der Waals surface area contributed by atoms with E-state index in [0.717, 1.165) is 11.3 Å². The molecule has 2 N–H and O–H groups in total. The van der Waals surface area contributed by atoms with Crippen molar-refractivity contribution in [3.63, 3.8) is 0 Å². The van der Waals surface area contributed by atoms with Crippen LogP contribution in [-0.4, -0.2) is 28.0 Å². The highest BCUT2D eigenvalue weighted by Crippen LogP contribution is 2.27. The molecule has 0 spiro atoms. The summed E-state index contributed by atoms with van der Waals surface area (Å²) in [5, 5.41) is 0.375. The third-order valence-electron chi connectivity index (χ3n) is 1.88. The summed E-state index contributed by atoms with van der Waals surface area (Å²) in [6.45, 7) is 3.72. The summed E-state index contributed by atoms with van der Waals surface area (Å²) in [5.74, 6) is -0.440. The van der Waals surface area contributed by atoms with Crippen molar-refractivity contribution in [3.05, 3.63) is 16.5 Å². The second-order valence-corrected chi connectivity index (χ2v) is 5.82. The second-order valence-electron chi connectivity index (χ2n) is 3.15. The second kappa shape index (κ2) is 5.48. The van der Waals surface area contributed by atoms with Crippen LogP contribution in [0.5, 0.6) is 0 Å². The molecule has 96 valence electrons. The number of esters is 1. The predicted molar refractivity (Wildman–Crippen MR) is 66.6 cm³/mol. The van der Waals surface area contributed by atoms with E-state index in [1.165, 1.54) is 7.05 Å². The van der Waals surface area contributed by atoms with Crippen LogP contribution >= 0.6 is 11.3 Å². The first-order chi connectivity index (χ1) is 7.89. The van der Waals surface area contributed by atoms with Gasteiger partial charge in [-0.15, -0.1) is 11.3 Å². The molecule has 1 heterocycles. The first-order valence-electron chi connectivity index (χ1n) is 4.88. The lowest BCUT2D eigenvalue weighted by Gasteiger charge is -2.02. The molecular formula is C9H14N2O4S2. The number of hydrogen-bond donors (Lipinski definition) is 2. The van der Waals surface area contributed by atoms with Crippen molar-refractivity contribution >= 4 is 32.5 Å². The Labute approximate surface area is 104 Å². The van der Waals surface area contributed by atoms with Crippen LogP contribution in [0.15, 0.2) is 6.07 Å². The molecular weight excluding hydrogens is 264 g/mol. The summed E-state index contributed by atoms with van der Waals surface area (Å²) >= 11 is 1.04. The molecule has 1 aromatic rings. The van der Waals surface area contributed by atoms with Gasteiger partial charge in [-0.2, -0.15) is 8.42 Å². The van der Waals surface area contributed by atoms with Crippen molar-refractivity contribution in [2.24, 2.45) is 0 Å². The number of rotatable bonds is 5. The molecule has 0 bridgehead atoms. The molecule has 0 aromatic carbocycles. The molecule has 6 nitrogen and oxygen atoms in total. The standard InChI is InChI=1S/C9H14N2O4S2/c1-4-15-9(12)8-6(2)5-7(16-8)11-17(13,14)10-3/h5,10-11H,4H2,1-3H3. The smallest absolute Gasteiger partial charge is 0.348 e. The summed E-state index contributed by atoms with van der Waals surface area (Å²) in [6.07, 6.45) is 0. The fraction of sp³-hybridized carbons (Fsp3) is 0.444. The highest BCUT2D eigenvalue weighted by atomic mass is 32.2. The van der Waals surface area contributed by atoms with Crippen molar-refractivity contribution in [1.29, 1.82) is 0 Å². The van der Waals surface area contributed by atoms with Gasteiger partial charge in [0.25, 0.3) is 10.2 Å². The van der Waals surface area contributed by atoms with Gasteiger partial charge in [-0.1, -0.05) is 0 Å². The zero-order valence-electron chi connectivity index (χ0n) is 9.73. The molecule has 0 fully saturated rings. The fourth-order valence-corrected chi connectivity index (χ4v) is 2.85. The van der Waals surface area contributed by atoms with E-state index < -0.39 is 16.2 Å². The number of nitrogens with one attached hydrogen (secondary N) is 2. The molecule has 0 saturated heterocycles. The van der Waals surface area contributed by atoms with Gasteiger partial charge in [-0.05, 0) is 25.5 Å². The molecule has 0 amide bonds. The highest BCUT2D eigenvalue weighted by Gasteiger charge is 2.16. The predicted octanol–water partition coefficient (Wildman–Crippen LogP) is 1.11. The molecule has 0 aliphatic heterocycles. The van der Waals surface area contributed by atoms with Crippen LogP contribution in [0.4, 0.5) is 5.00 Å². The first-order valence-corrected chi connectivity index (χ1v) is 7.18. The van der Waals surface area contributed by atoms with Gasteiger partial charge in [0, 0.05) is 7.05 Å². The third-order valence-corrected chi connectivity index (χ3v) is 4.17. The number of carbonyl (C=O) groups excluding carboxylic acids is 1. The van der Waals surface area contributed by atoms with Crippen LogP contribution < -0.4 is 9.44 Å². The Morgan fingerprint density at radius 1 is 1.53 bits per heavy atom. The fourth-order valence-electron chi connectivity index (χ4n) is 1.12. The Morgan fingerprint density at radius 2 is 2.18 bits per heavy atom. The maximum atomic E-state index is 11.5. The van der Waals surface area contributed by atoms with Crippen LogP contribution in [0.1, 0.15) is 22.2 Å². The molecule has 8 heteroatoms. The molecule has 1 aromatic heterocycles. The number of ether oxygens (including phenoxy) is 1. The lowest BCUT2D eigenvalue weighted by atomic mass is 10.3. The normalized spacial score (nSPS) is 11.2. The molecule has 0 atom stereocenters. The molecule has 17 heavy (non-hydrogen) atoms. The maximum absolute atomic E-state index is 11.5.